The van der Waals surface area contributed by atoms with Crippen LogP contribution in [0.1, 0.15) is 18.4 Å². The third kappa shape index (κ3) is 3.76. The van der Waals surface area contributed by atoms with Crippen LogP contribution in [0.3, 0.4) is 0 Å². The van der Waals surface area contributed by atoms with Crippen LogP contribution < -0.4 is 5.32 Å². The quantitative estimate of drug-likeness (QED) is 0.685. The van der Waals surface area contributed by atoms with Crippen molar-refractivity contribution in [3.05, 3.63) is 38.3 Å². The molecule has 0 radical (unpaired) electrons. The highest BCUT2D eigenvalue weighted by Crippen LogP contribution is 2.21. The van der Waals surface area contributed by atoms with Crippen LogP contribution in [0, 0.1) is 10.1 Å². The van der Waals surface area contributed by atoms with Crippen LogP contribution >= 0.6 is 15.9 Å². The fourth-order valence-corrected chi connectivity index (χ4v) is 2.53. The molecule has 2 rings (SSSR count). The van der Waals surface area contributed by atoms with Gasteiger partial charge in [-0.2, -0.15) is 0 Å². The molecular weight excluding hydrogens is 300 g/mol. The molecule has 0 saturated carbocycles. The fourth-order valence-electron chi connectivity index (χ4n) is 2.00. The third-order valence-corrected chi connectivity index (χ3v) is 3.37. The van der Waals surface area contributed by atoms with Crippen LogP contribution in [0.2, 0.25) is 0 Å². The molecule has 5 nitrogen and oxygen atoms in total. The number of hydrogen-bond donors (Lipinski definition) is 1. The highest BCUT2D eigenvalue weighted by Gasteiger charge is 2.14. The number of nitro benzene ring substituents is 1. The van der Waals surface area contributed by atoms with Gasteiger partial charge in [0.15, 0.2) is 0 Å². The zero-order chi connectivity index (χ0) is 13.0. The molecule has 1 unspecified atom stereocenters. The fraction of sp³-hybridized carbons (Fsp3) is 0.500. The van der Waals surface area contributed by atoms with Gasteiger partial charge in [-0.3, -0.25) is 10.1 Å². The SMILES string of the molecule is O=[N+]([O-])c1cc(Br)cc(CNC2CCCOC2)c1. The van der Waals surface area contributed by atoms with Crippen LogP contribution in [-0.4, -0.2) is 24.2 Å². The number of ether oxygens (including phenoxy) is 1. The van der Waals surface area contributed by atoms with Gasteiger partial charge in [-0.25, -0.2) is 0 Å². The second kappa shape index (κ2) is 6.26. The molecule has 1 saturated heterocycles. The number of benzene rings is 1. The van der Waals surface area contributed by atoms with Gasteiger partial charge in [0.1, 0.15) is 0 Å². The van der Waals surface area contributed by atoms with Crippen molar-refractivity contribution in [1.29, 1.82) is 0 Å². The largest absolute Gasteiger partial charge is 0.380 e. The van der Waals surface area contributed by atoms with Crippen molar-refractivity contribution in [3.8, 4) is 0 Å². The molecule has 1 aromatic carbocycles. The van der Waals surface area contributed by atoms with E-state index in [2.05, 4.69) is 21.2 Å². The van der Waals surface area contributed by atoms with E-state index in [4.69, 9.17) is 4.74 Å². The average Bonchev–Trinajstić information content (AvgIpc) is 2.37. The monoisotopic (exact) mass is 314 g/mol. The Morgan fingerprint density at radius 3 is 3.00 bits per heavy atom. The molecule has 1 aliphatic heterocycles. The van der Waals surface area contributed by atoms with E-state index in [-0.39, 0.29) is 10.6 Å². The summed E-state index contributed by atoms with van der Waals surface area (Å²) < 4.78 is 6.11. The first kappa shape index (κ1) is 13.5. The Morgan fingerprint density at radius 2 is 2.33 bits per heavy atom. The van der Waals surface area contributed by atoms with Crippen LogP contribution in [-0.2, 0) is 11.3 Å². The lowest BCUT2D eigenvalue weighted by atomic mass is 10.1. The minimum atomic E-state index is -0.377. The van der Waals surface area contributed by atoms with Crippen LogP contribution in [0.4, 0.5) is 5.69 Å². The molecule has 1 atom stereocenters. The zero-order valence-electron chi connectivity index (χ0n) is 9.89. The van der Waals surface area contributed by atoms with Crippen LogP contribution in [0.15, 0.2) is 22.7 Å². The molecule has 0 spiro atoms. The topological polar surface area (TPSA) is 64.4 Å². The first-order valence-electron chi connectivity index (χ1n) is 5.90. The molecule has 0 bridgehead atoms. The molecule has 1 aromatic rings. The number of non-ortho nitro benzene ring substituents is 1. The molecule has 0 amide bonds. The zero-order valence-corrected chi connectivity index (χ0v) is 11.5. The van der Waals surface area contributed by atoms with E-state index < -0.39 is 0 Å². The second-order valence-electron chi connectivity index (χ2n) is 4.37. The second-order valence-corrected chi connectivity index (χ2v) is 5.29. The minimum absolute atomic E-state index is 0.112. The van der Waals surface area contributed by atoms with Gasteiger partial charge in [-0.1, -0.05) is 15.9 Å². The van der Waals surface area contributed by atoms with E-state index in [1.54, 1.807) is 6.07 Å². The van der Waals surface area contributed by atoms with E-state index in [0.29, 0.717) is 12.6 Å². The standard InChI is InChI=1S/C12H15BrN2O3/c13-10-4-9(5-12(6-10)15(16)17)7-14-11-2-1-3-18-8-11/h4-6,11,14H,1-3,7-8H2. The van der Waals surface area contributed by atoms with Gasteiger partial charge in [0, 0.05) is 35.8 Å². The Hall–Kier alpha value is -0.980. The third-order valence-electron chi connectivity index (χ3n) is 2.91. The predicted octanol–water partition coefficient (Wildman–Crippen LogP) is 2.63. The molecule has 1 fully saturated rings. The summed E-state index contributed by atoms with van der Waals surface area (Å²) in [5, 5.41) is 14.1. The van der Waals surface area contributed by atoms with Crippen molar-refractivity contribution < 1.29 is 9.66 Å². The summed E-state index contributed by atoms with van der Waals surface area (Å²) >= 11 is 3.29. The van der Waals surface area contributed by atoms with Gasteiger partial charge in [0.25, 0.3) is 5.69 Å². The van der Waals surface area contributed by atoms with Crippen molar-refractivity contribution in [3.63, 3.8) is 0 Å². The Morgan fingerprint density at radius 1 is 1.50 bits per heavy atom. The van der Waals surface area contributed by atoms with Gasteiger partial charge in [0.2, 0.25) is 0 Å². The molecule has 1 N–H and O–H groups in total. The smallest absolute Gasteiger partial charge is 0.270 e. The number of nitro groups is 1. The van der Waals surface area contributed by atoms with Crippen molar-refractivity contribution in [2.75, 3.05) is 13.2 Å². The molecule has 98 valence electrons. The summed E-state index contributed by atoms with van der Waals surface area (Å²) in [5.74, 6) is 0. The molecule has 18 heavy (non-hydrogen) atoms. The summed E-state index contributed by atoms with van der Waals surface area (Å²) in [4.78, 5) is 10.4. The lowest BCUT2D eigenvalue weighted by Crippen LogP contribution is -2.36. The van der Waals surface area contributed by atoms with E-state index in [0.717, 1.165) is 36.1 Å². The molecule has 0 aromatic heterocycles. The summed E-state index contributed by atoms with van der Waals surface area (Å²) in [5.41, 5.74) is 1.02. The van der Waals surface area contributed by atoms with Crippen molar-refractivity contribution in [2.24, 2.45) is 0 Å². The first-order valence-corrected chi connectivity index (χ1v) is 6.69. The Balaban J connectivity index is 1.97. The Kier molecular flexibility index (Phi) is 4.68. The maximum absolute atomic E-state index is 10.8. The van der Waals surface area contributed by atoms with Crippen molar-refractivity contribution in [1.82, 2.24) is 5.32 Å². The van der Waals surface area contributed by atoms with Gasteiger partial charge in [0.05, 0.1) is 11.5 Å². The molecule has 0 aliphatic carbocycles. The summed E-state index contributed by atoms with van der Waals surface area (Å²) in [6, 6.07) is 5.34. The summed E-state index contributed by atoms with van der Waals surface area (Å²) in [6.45, 7) is 2.17. The molecule has 6 heteroatoms. The molecule has 1 aliphatic rings. The van der Waals surface area contributed by atoms with Gasteiger partial charge in [-0.05, 0) is 24.5 Å². The summed E-state index contributed by atoms with van der Waals surface area (Å²) in [6.07, 6.45) is 2.16. The number of rotatable bonds is 4. The van der Waals surface area contributed by atoms with E-state index >= 15 is 0 Å². The Bertz CT molecular complexity index is 433. The molecule has 1 heterocycles. The average molecular weight is 315 g/mol. The lowest BCUT2D eigenvalue weighted by molar-refractivity contribution is -0.385. The summed E-state index contributed by atoms with van der Waals surface area (Å²) in [7, 11) is 0. The van der Waals surface area contributed by atoms with E-state index in [9.17, 15) is 10.1 Å². The van der Waals surface area contributed by atoms with Crippen LogP contribution in [0.5, 0.6) is 0 Å². The maximum atomic E-state index is 10.8. The highest BCUT2D eigenvalue weighted by atomic mass is 79.9. The number of halogens is 1. The van der Waals surface area contributed by atoms with E-state index in [1.807, 2.05) is 6.07 Å². The first-order chi connectivity index (χ1) is 8.65. The van der Waals surface area contributed by atoms with Gasteiger partial charge in [-0.15, -0.1) is 0 Å². The number of hydrogen-bond acceptors (Lipinski definition) is 4. The molecular formula is C12H15BrN2O3. The lowest BCUT2D eigenvalue weighted by Gasteiger charge is -2.23. The predicted molar refractivity (Wildman–Crippen MR) is 71.5 cm³/mol. The van der Waals surface area contributed by atoms with Crippen molar-refractivity contribution >= 4 is 21.6 Å². The number of nitrogens with one attached hydrogen (secondary N) is 1. The minimum Gasteiger partial charge on any atom is -0.380 e. The normalized spacial score (nSPS) is 19.7. The van der Waals surface area contributed by atoms with E-state index in [1.165, 1.54) is 6.07 Å². The maximum Gasteiger partial charge on any atom is 0.270 e. The van der Waals surface area contributed by atoms with Crippen molar-refractivity contribution in [2.45, 2.75) is 25.4 Å². The Labute approximate surface area is 114 Å². The van der Waals surface area contributed by atoms with Crippen LogP contribution in [0.25, 0.3) is 0 Å². The van der Waals surface area contributed by atoms with Gasteiger partial charge < -0.3 is 10.1 Å². The highest BCUT2D eigenvalue weighted by molar-refractivity contribution is 9.10. The van der Waals surface area contributed by atoms with Gasteiger partial charge >= 0.3 is 0 Å². The number of nitrogens with zero attached hydrogens (tertiary/aromatic N) is 1.